The minimum Gasteiger partial charge on any atom is -0.310 e. The van der Waals surface area contributed by atoms with E-state index < -0.39 is 0 Å². The standard InChI is InChI=1S/C26H31N3/c1-16-4-7-22(8-5-16)27-15-19-6-9-23-20(13-19)14-24-25(28-29-26(23)24)21-11-17(2)10-18(3)12-21/h6,9-13,16,22,27H,4-5,7-8,14-15H2,1-3H3,(H,28,29). The van der Waals surface area contributed by atoms with Gasteiger partial charge in [0, 0.05) is 35.7 Å². The van der Waals surface area contributed by atoms with Crippen LogP contribution in [-0.4, -0.2) is 16.2 Å². The monoisotopic (exact) mass is 385 g/mol. The normalized spacial score (nSPS) is 20.5. The minimum absolute atomic E-state index is 0.688. The Morgan fingerprint density at radius 3 is 2.52 bits per heavy atom. The van der Waals surface area contributed by atoms with Crippen LogP contribution in [0.5, 0.6) is 0 Å². The first kappa shape index (κ1) is 18.6. The highest BCUT2D eigenvalue weighted by molar-refractivity contribution is 5.81. The van der Waals surface area contributed by atoms with Crippen molar-refractivity contribution in [3.05, 3.63) is 64.2 Å². The highest BCUT2D eigenvalue weighted by atomic mass is 15.1. The third-order valence-corrected chi connectivity index (χ3v) is 6.78. The molecule has 2 aliphatic rings. The number of H-pyrrole nitrogens is 1. The number of fused-ring (bicyclic) bond motifs is 3. The zero-order chi connectivity index (χ0) is 20.0. The van der Waals surface area contributed by atoms with E-state index in [1.807, 2.05) is 0 Å². The number of nitrogens with zero attached hydrogens (tertiary/aromatic N) is 1. The molecule has 3 nitrogen and oxygen atoms in total. The highest BCUT2D eigenvalue weighted by Gasteiger charge is 2.25. The number of aryl methyl sites for hydroxylation is 2. The lowest BCUT2D eigenvalue weighted by atomic mass is 9.87. The summed E-state index contributed by atoms with van der Waals surface area (Å²) in [7, 11) is 0. The van der Waals surface area contributed by atoms with E-state index >= 15 is 0 Å². The second-order valence-electron chi connectivity index (χ2n) is 9.31. The smallest absolute Gasteiger partial charge is 0.0962 e. The summed E-state index contributed by atoms with van der Waals surface area (Å²) in [4.78, 5) is 0. The van der Waals surface area contributed by atoms with E-state index in [1.165, 1.54) is 70.3 Å². The third-order valence-electron chi connectivity index (χ3n) is 6.78. The number of aromatic nitrogens is 2. The van der Waals surface area contributed by atoms with Crippen LogP contribution in [0.4, 0.5) is 0 Å². The number of rotatable bonds is 4. The van der Waals surface area contributed by atoms with Gasteiger partial charge in [-0.25, -0.2) is 0 Å². The van der Waals surface area contributed by atoms with Crippen LogP contribution in [0.3, 0.4) is 0 Å². The van der Waals surface area contributed by atoms with Gasteiger partial charge in [0.1, 0.15) is 0 Å². The van der Waals surface area contributed by atoms with Crippen LogP contribution in [0, 0.1) is 19.8 Å². The topological polar surface area (TPSA) is 40.7 Å². The van der Waals surface area contributed by atoms with E-state index in [2.05, 4.69) is 72.7 Å². The summed E-state index contributed by atoms with van der Waals surface area (Å²) in [5.74, 6) is 0.905. The maximum absolute atomic E-state index is 4.68. The van der Waals surface area contributed by atoms with Crippen molar-refractivity contribution in [3.63, 3.8) is 0 Å². The fourth-order valence-electron chi connectivity index (χ4n) is 5.17. The van der Waals surface area contributed by atoms with Crippen LogP contribution in [-0.2, 0) is 13.0 Å². The van der Waals surface area contributed by atoms with Crippen molar-refractivity contribution in [2.24, 2.45) is 5.92 Å². The maximum Gasteiger partial charge on any atom is 0.0962 e. The Hall–Kier alpha value is -2.39. The molecule has 2 aliphatic carbocycles. The summed E-state index contributed by atoms with van der Waals surface area (Å²) < 4.78 is 0. The Kier molecular flexibility index (Phi) is 4.79. The number of hydrogen-bond donors (Lipinski definition) is 2. The summed E-state index contributed by atoms with van der Waals surface area (Å²) in [5, 5.41) is 11.8. The highest BCUT2D eigenvalue weighted by Crippen LogP contribution is 2.40. The molecule has 5 rings (SSSR count). The summed E-state index contributed by atoms with van der Waals surface area (Å²) in [5.41, 5.74) is 11.6. The van der Waals surface area contributed by atoms with Gasteiger partial charge in [-0.3, -0.25) is 5.10 Å². The average Bonchev–Trinajstić information content (AvgIpc) is 3.25. The van der Waals surface area contributed by atoms with E-state index in [0.29, 0.717) is 6.04 Å². The van der Waals surface area contributed by atoms with Gasteiger partial charge in [-0.2, -0.15) is 5.10 Å². The molecule has 3 aromatic rings. The largest absolute Gasteiger partial charge is 0.310 e. The van der Waals surface area contributed by atoms with Gasteiger partial charge in [0.15, 0.2) is 0 Å². The van der Waals surface area contributed by atoms with Gasteiger partial charge in [-0.05, 0) is 68.7 Å². The molecule has 1 fully saturated rings. The van der Waals surface area contributed by atoms with Gasteiger partial charge < -0.3 is 5.32 Å². The Bertz CT molecular complexity index is 1020. The predicted molar refractivity (Wildman–Crippen MR) is 120 cm³/mol. The first-order chi connectivity index (χ1) is 14.1. The summed E-state index contributed by atoms with van der Waals surface area (Å²) in [6.45, 7) is 7.67. The zero-order valence-corrected chi connectivity index (χ0v) is 17.8. The van der Waals surface area contributed by atoms with Gasteiger partial charge in [0.05, 0.1) is 11.4 Å². The third kappa shape index (κ3) is 3.64. The van der Waals surface area contributed by atoms with E-state index in [4.69, 9.17) is 0 Å². The average molecular weight is 386 g/mol. The van der Waals surface area contributed by atoms with Crippen molar-refractivity contribution in [1.82, 2.24) is 15.5 Å². The van der Waals surface area contributed by atoms with Crippen LogP contribution < -0.4 is 5.32 Å². The quantitative estimate of drug-likeness (QED) is 0.457. The SMILES string of the molecule is Cc1cc(C)cc(-c2n[nH]c3c2Cc2cc(CNC4CCC(C)CC4)ccc2-3)c1. The lowest BCUT2D eigenvalue weighted by Gasteiger charge is -2.27. The Morgan fingerprint density at radius 2 is 1.76 bits per heavy atom. The Labute approximate surface area is 173 Å². The van der Waals surface area contributed by atoms with Crippen LogP contribution in [0.15, 0.2) is 36.4 Å². The van der Waals surface area contributed by atoms with Gasteiger partial charge in [0.25, 0.3) is 0 Å². The van der Waals surface area contributed by atoms with Gasteiger partial charge in [0.2, 0.25) is 0 Å². The second-order valence-corrected chi connectivity index (χ2v) is 9.31. The Balaban J connectivity index is 1.34. The molecule has 0 unspecified atom stereocenters. The lowest BCUT2D eigenvalue weighted by Crippen LogP contribution is -2.32. The summed E-state index contributed by atoms with van der Waals surface area (Å²) >= 11 is 0. The van der Waals surface area contributed by atoms with Crippen LogP contribution in [0.1, 0.15) is 60.4 Å². The molecular formula is C26H31N3. The molecule has 1 saturated carbocycles. The predicted octanol–water partition coefficient (Wildman–Crippen LogP) is 5.93. The second kappa shape index (κ2) is 7.46. The van der Waals surface area contributed by atoms with Crippen molar-refractivity contribution < 1.29 is 0 Å². The summed E-state index contributed by atoms with van der Waals surface area (Å²) in [6.07, 6.45) is 6.34. The van der Waals surface area contributed by atoms with E-state index in [-0.39, 0.29) is 0 Å². The number of hydrogen-bond acceptors (Lipinski definition) is 2. The number of nitrogens with one attached hydrogen (secondary N) is 2. The molecule has 3 heteroatoms. The van der Waals surface area contributed by atoms with Crippen LogP contribution >= 0.6 is 0 Å². The molecule has 0 amide bonds. The number of aromatic amines is 1. The fraction of sp³-hybridized carbons (Fsp3) is 0.423. The molecule has 1 aromatic heterocycles. The molecule has 1 heterocycles. The van der Waals surface area contributed by atoms with Gasteiger partial charge >= 0.3 is 0 Å². The van der Waals surface area contributed by atoms with Crippen molar-refractivity contribution >= 4 is 0 Å². The maximum atomic E-state index is 4.68. The first-order valence-corrected chi connectivity index (χ1v) is 11.1. The number of benzene rings is 2. The molecule has 2 N–H and O–H groups in total. The van der Waals surface area contributed by atoms with Gasteiger partial charge in [-0.15, -0.1) is 0 Å². The molecule has 0 spiro atoms. The van der Waals surface area contributed by atoms with E-state index in [1.54, 1.807) is 0 Å². The first-order valence-electron chi connectivity index (χ1n) is 11.1. The molecule has 0 radical (unpaired) electrons. The molecule has 29 heavy (non-hydrogen) atoms. The van der Waals surface area contributed by atoms with Crippen molar-refractivity contribution in [2.45, 2.75) is 65.5 Å². The van der Waals surface area contributed by atoms with Gasteiger partial charge in [-0.1, -0.05) is 42.3 Å². The zero-order valence-electron chi connectivity index (χ0n) is 17.8. The molecule has 0 saturated heterocycles. The van der Waals surface area contributed by atoms with Crippen molar-refractivity contribution in [3.8, 4) is 22.5 Å². The van der Waals surface area contributed by atoms with Crippen molar-refractivity contribution in [1.29, 1.82) is 0 Å². The lowest BCUT2D eigenvalue weighted by molar-refractivity contribution is 0.306. The van der Waals surface area contributed by atoms with E-state index in [9.17, 15) is 0 Å². The fourth-order valence-corrected chi connectivity index (χ4v) is 5.17. The van der Waals surface area contributed by atoms with Crippen LogP contribution in [0.25, 0.3) is 22.5 Å². The van der Waals surface area contributed by atoms with Crippen LogP contribution in [0.2, 0.25) is 0 Å². The molecule has 0 atom stereocenters. The molecule has 2 aromatic carbocycles. The van der Waals surface area contributed by atoms with Crippen molar-refractivity contribution in [2.75, 3.05) is 0 Å². The van der Waals surface area contributed by atoms with E-state index in [0.717, 1.165) is 24.6 Å². The molecule has 0 bridgehead atoms. The minimum atomic E-state index is 0.688. The molecular weight excluding hydrogens is 354 g/mol. The summed E-state index contributed by atoms with van der Waals surface area (Å²) in [6, 6.07) is 14.4. The molecule has 150 valence electrons. The molecule has 0 aliphatic heterocycles. The Morgan fingerprint density at radius 1 is 1.00 bits per heavy atom.